The fourth-order valence-electron chi connectivity index (χ4n) is 6.09. The Kier molecular flexibility index (Phi) is 17.9. The molecule has 2 heterocycles. The third-order valence-electron chi connectivity index (χ3n) is 9.88. The van der Waals surface area contributed by atoms with E-state index in [1.807, 2.05) is 6.92 Å². The van der Waals surface area contributed by atoms with E-state index in [2.05, 4.69) is 25.6 Å². The number of halogens is 9. The molecule has 4 aromatic carbocycles. The van der Waals surface area contributed by atoms with Gasteiger partial charge >= 0.3 is 12.4 Å². The maximum Gasteiger partial charge on any atom is 0.416 e. The van der Waals surface area contributed by atoms with Crippen molar-refractivity contribution in [2.45, 2.75) is 91.9 Å². The number of hydrogen-bond acceptors (Lipinski definition) is 9. The summed E-state index contributed by atoms with van der Waals surface area (Å²) >= 11 is 0. The van der Waals surface area contributed by atoms with Gasteiger partial charge in [-0.15, -0.1) is 0 Å². The number of alkyl halides is 6. The zero-order chi connectivity index (χ0) is 51.9. The molecule has 0 amide bonds. The van der Waals surface area contributed by atoms with E-state index >= 15 is 0 Å². The van der Waals surface area contributed by atoms with Crippen LogP contribution in [-0.4, -0.2) is 47.9 Å². The van der Waals surface area contributed by atoms with E-state index in [0.29, 0.717) is 52.6 Å². The number of aryl methyl sites for hydroxylation is 2. The summed E-state index contributed by atoms with van der Waals surface area (Å²) in [4.78, 5) is 0. The lowest BCUT2D eigenvalue weighted by molar-refractivity contribution is -0.138. The third-order valence-corrected chi connectivity index (χ3v) is 12.8. The number of nitrogens with two attached hydrogens (primary N) is 1. The Labute approximate surface area is 399 Å². The fourth-order valence-corrected chi connectivity index (χ4v) is 7.13. The Morgan fingerprint density at radius 3 is 1.26 bits per heavy atom. The highest BCUT2D eigenvalue weighted by Crippen LogP contribution is 2.36. The molecule has 376 valence electrons. The molecule has 0 fully saturated rings. The first-order chi connectivity index (χ1) is 31.8. The van der Waals surface area contributed by atoms with Crippen molar-refractivity contribution in [2.75, 3.05) is 11.5 Å². The number of aromatic nitrogens is 4. The standard InChI is InChI=1S/C23H25F4N3O3S.C21H21F4N3O.C2H5ClO2S/c1-5-30-21(33-19-9-7-16(8-10-19)23(25,26)27)14-20(28-30)15-11-17(13-18(24)12-15)22(3,4)29-34(31,32)6-2;1-4-28-19(29-17-7-5-14(6-8-17)21(23,24)25)12-18(27-28)13-9-15(20(2,3)26)11-16(22)10-13;1-2-6(3,4)5/h7-14,29H,5-6H2,1-4H3;5-12H,4,26H2,1-3H3;2H2,1H3. The van der Waals surface area contributed by atoms with Gasteiger partial charge in [0.1, 0.15) is 23.1 Å². The minimum atomic E-state index is -4.45. The number of nitrogens with zero attached hydrogens (tertiary/aromatic N) is 4. The first-order valence-corrected chi connectivity index (χ1v) is 25.1. The van der Waals surface area contributed by atoms with E-state index in [0.717, 1.165) is 24.3 Å². The molecule has 0 aliphatic carbocycles. The molecule has 3 N–H and O–H groups in total. The zero-order valence-electron chi connectivity index (χ0n) is 38.6. The Hall–Kier alpha value is -5.55. The van der Waals surface area contributed by atoms with Crippen LogP contribution in [-0.2, 0) is 55.6 Å². The number of hydrogen-bond donors (Lipinski definition) is 2. The molecule has 0 spiro atoms. The first-order valence-electron chi connectivity index (χ1n) is 21.0. The summed E-state index contributed by atoms with van der Waals surface area (Å²) in [6, 6.07) is 20.4. The van der Waals surface area contributed by atoms with Crippen LogP contribution in [0.4, 0.5) is 35.1 Å². The first kappa shape index (κ1) is 56.0. The molecule has 6 rings (SSSR count). The van der Waals surface area contributed by atoms with Crippen LogP contribution in [0.3, 0.4) is 0 Å². The normalized spacial score (nSPS) is 12.4. The van der Waals surface area contributed by atoms with Crippen LogP contribution >= 0.6 is 10.7 Å². The largest absolute Gasteiger partial charge is 0.439 e. The summed E-state index contributed by atoms with van der Waals surface area (Å²) in [7, 11) is -2.05. The summed E-state index contributed by atoms with van der Waals surface area (Å²) in [6.07, 6.45) is -8.87. The van der Waals surface area contributed by atoms with Gasteiger partial charge in [-0.3, -0.25) is 0 Å². The smallest absolute Gasteiger partial charge is 0.416 e. The van der Waals surface area contributed by atoms with E-state index in [1.54, 1.807) is 63.6 Å². The molecule has 0 bridgehead atoms. The van der Waals surface area contributed by atoms with Crippen molar-refractivity contribution in [1.82, 2.24) is 24.3 Å². The molecule has 0 aliphatic rings. The highest BCUT2D eigenvalue weighted by atomic mass is 35.7. The number of rotatable bonds is 14. The van der Waals surface area contributed by atoms with Crippen LogP contribution in [0, 0.1) is 11.6 Å². The van der Waals surface area contributed by atoms with Gasteiger partial charge in [-0.1, -0.05) is 6.92 Å². The lowest BCUT2D eigenvalue weighted by Crippen LogP contribution is -2.41. The fraction of sp³-hybridized carbons (Fsp3) is 0.348. The summed E-state index contributed by atoms with van der Waals surface area (Å²) in [5, 5.41) is 8.83. The predicted octanol–water partition coefficient (Wildman–Crippen LogP) is 12.0. The van der Waals surface area contributed by atoms with Crippen molar-refractivity contribution in [3.05, 3.63) is 131 Å². The summed E-state index contributed by atoms with van der Waals surface area (Å²) in [5.41, 5.74) is 5.48. The zero-order valence-corrected chi connectivity index (χ0v) is 41.0. The molecule has 12 nitrogen and oxygen atoms in total. The molecule has 69 heavy (non-hydrogen) atoms. The van der Waals surface area contributed by atoms with Crippen molar-refractivity contribution in [2.24, 2.45) is 5.73 Å². The van der Waals surface area contributed by atoms with Crippen LogP contribution in [0.2, 0.25) is 0 Å². The highest BCUT2D eigenvalue weighted by Gasteiger charge is 2.32. The number of nitrogens with one attached hydrogen (secondary N) is 1. The van der Waals surface area contributed by atoms with Gasteiger partial charge < -0.3 is 15.2 Å². The van der Waals surface area contributed by atoms with Gasteiger partial charge in [0, 0.05) is 52.6 Å². The van der Waals surface area contributed by atoms with Gasteiger partial charge in [-0.05, 0) is 145 Å². The van der Waals surface area contributed by atoms with Crippen molar-refractivity contribution in [1.29, 1.82) is 0 Å². The van der Waals surface area contributed by atoms with Gasteiger partial charge in [-0.2, -0.15) is 36.5 Å². The quantitative estimate of drug-likeness (QED) is 0.0799. The highest BCUT2D eigenvalue weighted by molar-refractivity contribution is 8.13. The molecule has 0 unspecified atom stereocenters. The van der Waals surface area contributed by atoms with Crippen LogP contribution in [0.25, 0.3) is 22.5 Å². The molecular weight excluding hydrogens is 984 g/mol. The minimum absolute atomic E-state index is 0.00849. The lowest BCUT2D eigenvalue weighted by Gasteiger charge is -2.26. The van der Waals surface area contributed by atoms with Crippen LogP contribution in [0.15, 0.2) is 97.1 Å². The van der Waals surface area contributed by atoms with Crippen molar-refractivity contribution in [3.8, 4) is 45.8 Å². The van der Waals surface area contributed by atoms with E-state index < -0.39 is 65.3 Å². The van der Waals surface area contributed by atoms with Crippen LogP contribution in [0.1, 0.15) is 77.6 Å². The molecule has 0 aliphatic heterocycles. The van der Waals surface area contributed by atoms with Gasteiger partial charge in [0.2, 0.25) is 30.8 Å². The molecule has 6 aromatic rings. The average molecular weight is 1040 g/mol. The lowest BCUT2D eigenvalue weighted by atomic mass is 9.93. The molecule has 0 saturated carbocycles. The second kappa shape index (κ2) is 22.0. The topological polar surface area (TPSA) is 160 Å². The van der Waals surface area contributed by atoms with Gasteiger partial charge in [0.05, 0.1) is 39.6 Å². The van der Waals surface area contributed by atoms with Gasteiger partial charge in [0.15, 0.2) is 0 Å². The van der Waals surface area contributed by atoms with Crippen LogP contribution in [0.5, 0.6) is 23.3 Å². The van der Waals surface area contributed by atoms with E-state index in [1.165, 1.54) is 67.1 Å². The summed E-state index contributed by atoms with van der Waals surface area (Å²) < 4.78 is 166. The molecule has 0 saturated heterocycles. The summed E-state index contributed by atoms with van der Waals surface area (Å²) in [6.45, 7) is 14.3. The second-order valence-corrected chi connectivity index (χ2v) is 21.3. The average Bonchev–Trinajstić information content (AvgIpc) is 3.86. The van der Waals surface area contributed by atoms with E-state index in [-0.39, 0.29) is 28.9 Å². The molecule has 2 aromatic heterocycles. The number of benzene rings is 4. The number of sulfonamides is 1. The van der Waals surface area contributed by atoms with Crippen molar-refractivity contribution in [3.63, 3.8) is 0 Å². The van der Waals surface area contributed by atoms with Crippen molar-refractivity contribution < 1.29 is 61.4 Å². The SMILES string of the molecule is CCS(=O)(=O)Cl.CCn1nc(-c2cc(F)cc(C(C)(C)N)c2)cc1Oc1ccc(C(F)(F)F)cc1.CCn1nc(-c2cc(F)cc(C(C)(C)NS(=O)(=O)CC)c2)cc1Oc1ccc(C(F)(F)F)cc1. The third kappa shape index (κ3) is 16.3. The monoisotopic (exact) mass is 1030 g/mol. The Balaban J connectivity index is 0.000000271. The molecular formula is C46H51ClF8N6O6S2. The summed E-state index contributed by atoms with van der Waals surface area (Å²) in [5.74, 6) is -0.112. The predicted molar refractivity (Wildman–Crippen MR) is 248 cm³/mol. The Bertz CT molecular complexity index is 2920. The molecule has 23 heteroatoms. The molecule has 0 radical (unpaired) electrons. The minimum Gasteiger partial charge on any atom is -0.439 e. The maximum atomic E-state index is 14.5. The van der Waals surface area contributed by atoms with Crippen LogP contribution < -0.4 is 19.9 Å². The maximum absolute atomic E-state index is 14.5. The Morgan fingerprint density at radius 2 is 0.942 bits per heavy atom. The number of ether oxygens (including phenoxy) is 2. The van der Waals surface area contributed by atoms with E-state index in [9.17, 15) is 52.0 Å². The van der Waals surface area contributed by atoms with E-state index in [4.69, 9.17) is 15.2 Å². The van der Waals surface area contributed by atoms with Gasteiger partial charge in [0.25, 0.3) is 0 Å². The molecule has 0 atom stereocenters. The van der Waals surface area contributed by atoms with Crippen molar-refractivity contribution >= 4 is 29.8 Å². The Morgan fingerprint density at radius 1 is 0.580 bits per heavy atom. The second-order valence-electron chi connectivity index (χ2n) is 16.3. The van der Waals surface area contributed by atoms with Gasteiger partial charge in [-0.25, -0.2) is 39.7 Å².